The van der Waals surface area contributed by atoms with Crippen molar-refractivity contribution in [2.24, 2.45) is 0 Å². The van der Waals surface area contributed by atoms with Crippen molar-refractivity contribution in [3.63, 3.8) is 0 Å². The van der Waals surface area contributed by atoms with Gasteiger partial charge in [-0.2, -0.15) is 0 Å². The number of carbonyl (C=O) groups is 2. The number of hydrogen-bond donors (Lipinski definition) is 1. The van der Waals surface area contributed by atoms with E-state index in [2.05, 4.69) is 6.92 Å². The van der Waals surface area contributed by atoms with Gasteiger partial charge in [-0.3, -0.25) is 14.5 Å². The molecule has 9 heteroatoms. The number of rotatable bonds is 6. The predicted octanol–water partition coefficient (Wildman–Crippen LogP) is 6.46. The number of thiazole rings is 1. The summed E-state index contributed by atoms with van der Waals surface area (Å²) in [5.41, 5.74) is 3.60. The number of methoxy groups -OCH3 is 2. The lowest BCUT2D eigenvalue weighted by atomic mass is 9.94. The van der Waals surface area contributed by atoms with Crippen molar-refractivity contribution in [3.8, 4) is 11.5 Å². The molecule has 1 N–H and O–H groups in total. The first kappa shape index (κ1) is 25.8. The van der Waals surface area contributed by atoms with Crippen molar-refractivity contribution in [3.05, 3.63) is 87.4 Å². The van der Waals surface area contributed by atoms with Gasteiger partial charge in [-0.25, -0.2) is 4.98 Å². The summed E-state index contributed by atoms with van der Waals surface area (Å²) in [6.07, 6.45) is 0.864. The zero-order valence-electron chi connectivity index (χ0n) is 21.2. The van der Waals surface area contributed by atoms with Crippen LogP contribution in [-0.2, 0) is 16.0 Å². The number of aliphatic hydroxyl groups excluding tert-OH is 1. The van der Waals surface area contributed by atoms with Crippen molar-refractivity contribution in [1.29, 1.82) is 0 Å². The minimum absolute atomic E-state index is 0.0724. The standard InChI is InChI=1S/C29H25ClN2O5S/c1-5-16-9-10-20-23(12-16)38-29(31-20)32-25(17-8-6-7-15(2)11-17)24(27(34)28(32)35)26(33)18-13-22(37-4)19(30)14-21(18)36-3/h6-14,25,33H,5H2,1-4H3/b26-24+. The number of Topliss-reactive ketones (excluding diaryl/α,β-unsaturated/α-hetero) is 1. The molecule has 194 valence electrons. The van der Waals surface area contributed by atoms with Gasteiger partial charge in [-0.05, 0) is 42.7 Å². The molecule has 1 saturated heterocycles. The summed E-state index contributed by atoms with van der Waals surface area (Å²) < 4.78 is 11.7. The molecule has 0 aliphatic carbocycles. The van der Waals surface area contributed by atoms with E-state index in [-0.39, 0.29) is 27.7 Å². The van der Waals surface area contributed by atoms with E-state index in [1.54, 1.807) is 0 Å². The molecule has 3 aromatic carbocycles. The average molecular weight is 549 g/mol. The summed E-state index contributed by atoms with van der Waals surface area (Å²) in [5.74, 6) is -1.47. The molecule has 2 heterocycles. The Morgan fingerprint density at radius 1 is 1.08 bits per heavy atom. The molecule has 1 aromatic heterocycles. The summed E-state index contributed by atoms with van der Waals surface area (Å²) >= 11 is 7.60. The molecule has 1 aliphatic rings. The van der Waals surface area contributed by atoms with Crippen LogP contribution in [-0.4, -0.2) is 36.0 Å². The molecule has 5 rings (SSSR count). The fraction of sp³-hybridized carbons (Fsp3) is 0.207. The molecule has 1 amide bonds. The number of ether oxygens (including phenoxy) is 2. The highest BCUT2D eigenvalue weighted by Gasteiger charge is 2.48. The molecule has 0 saturated carbocycles. The fourth-order valence-corrected chi connectivity index (χ4v) is 5.94. The fourth-order valence-electron chi connectivity index (χ4n) is 4.66. The Kier molecular flexibility index (Phi) is 6.86. The molecular formula is C29H25ClN2O5S. The zero-order chi connectivity index (χ0) is 27.1. The van der Waals surface area contributed by atoms with Gasteiger partial charge < -0.3 is 14.6 Å². The van der Waals surface area contributed by atoms with E-state index >= 15 is 0 Å². The smallest absolute Gasteiger partial charge is 0.301 e. The molecule has 7 nitrogen and oxygen atoms in total. The summed E-state index contributed by atoms with van der Waals surface area (Å²) in [7, 11) is 2.87. The maximum absolute atomic E-state index is 13.6. The second-order valence-corrected chi connectivity index (χ2v) is 10.3. The molecule has 1 atom stereocenters. The Morgan fingerprint density at radius 2 is 1.84 bits per heavy atom. The summed E-state index contributed by atoms with van der Waals surface area (Å²) in [5, 5.41) is 12.2. The molecule has 0 radical (unpaired) electrons. The van der Waals surface area contributed by atoms with E-state index in [1.165, 1.54) is 42.6 Å². The van der Waals surface area contributed by atoms with Crippen LogP contribution in [0.5, 0.6) is 11.5 Å². The van der Waals surface area contributed by atoms with Crippen LogP contribution in [0, 0.1) is 6.92 Å². The van der Waals surface area contributed by atoms with Crippen LogP contribution in [0.3, 0.4) is 0 Å². The number of aromatic nitrogens is 1. The van der Waals surface area contributed by atoms with Crippen LogP contribution in [0.15, 0.2) is 60.2 Å². The van der Waals surface area contributed by atoms with E-state index in [9.17, 15) is 14.7 Å². The van der Waals surface area contributed by atoms with Crippen molar-refractivity contribution >= 4 is 55.7 Å². The number of amides is 1. The third kappa shape index (κ3) is 4.29. The Bertz CT molecular complexity index is 1630. The van der Waals surface area contributed by atoms with Crippen LogP contribution < -0.4 is 14.4 Å². The number of anilines is 1. The molecule has 1 unspecified atom stereocenters. The van der Waals surface area contributed by atoms with Crippen LogP contribution in [0.2, 0.25) is 5.02 Å². The number of ketones is 1. The van der Waals surface area contributed by atoms with Gasteiger partial charge in [0, 0.05) is 6.07 Å². The first-order chi connectivity index (χ1) is 18.3. The zero-order valence-corrected chi connectivity index (χ0v) is 22.8. The molecule has 1 fully saturated rings. The van der Waals surface area contributed by atoms with Gasteiger partial charge in [-0.15, -0.1) is 0 Å². The number of aliphatic hydroxyl groups is 1. The van der Waals surface area contributed by atoms with Gasteiger partial charge in [-0.1, -0.05) is 65.8 Å². The first-order valence-corrected chi connectivity index (χ1v) is 13.2. The van der Waals surface area contributed by atoms with Crippen molar-refractivity contribution < 1.29 is 24.2 Å². The normalized spacial score (nSPS) is 16.9. The van der Waals surface area contributed by atoms with Crippen LogP contribution in [0.1, 0.15) is 35.2 Å². The van der Waals surface area contributed by atoms with Crippen molar-refractivity contribution in [2.45, 2.75) is 26.3 Å². The second-order valence-electron chi connectivity index (χ2n) is 8.92. The maximum atomic E-state index is 13.6. The van der Waals surface area contributed by atoms with E-state index in [0.717, 1.165) is 27.8 Å². The predicted molar refractivity (Wildman–Crippen MR) is 150 cm³/mol. The van der Waals surface area contributed by atoms with Gasteiger partial charge in [0.05, 0.1) is 46.6 Å². The summed E-state index contributed by atoms with van der Waals surface area (Å²) in [6, 6.07) is 15.5. The number of fused-ring (bicyclic) bond motifs is 1. The van der Waals surface area contributed by atoms with Gasteiger partial charge in [0.1, 0.15) is 17.3 Å². The van der Waals surface area contributed by atoms with Crippen LogP contribution in [0.4, 0.5) is 5.13 Å². The van der Waals surface area contributed by atoms with E-state index < -0.39 is 23.5 Å². The monoisotopic (exact) mass is 548 g/mol. The molecular weight excluding hydrogens is 524 g/mol. The van der Waals surface area contributed by atoms with E-state index in [4.69, 9.17) is 26.1 Å². The molecule has 38 heavy (non-hydrogen) atoms. The number of carbonyl (C=O) groups excluding carboxylic acids is 2. The largest absolute Gasteiger partial charge is 0.507 e. The van der Waals surface area contributed by atoms with E-state index in [0.29, 0.717) is 10.7 Å². The van der Waals surface area contributed by atoms with Gasteiger partial charge in [0.15, 0.2) is 5.13 Å². The van der Waals surface area contributed by atoms with Gasteiger partial charge >= 0.3 is 5.91 Å². The highest BCUT2D eigenvalue weighted by molar-refractivity contribution is 7.22. The molecule has 0 spiro atoms. The highest BCUT2D eigenvalue weighted by atomic mass is 35.5. The quantitative estimate of drug-likeness (QED) is 0.169. The summed E-state index contributed by atoms with van der Waals surface area (Å²) in [6.45, 7) is 3.99. The number of aryl methyl sites for hydroxylation is 2. The number of hydrogen-bond acceptors (Lipinski definition) is 7. The summed E-state index contributed by atoms with van der Waals surface area (Å²) in [4.78, 5) is 33.2. The number of nitrogens with zero attached hydrogens (tertiary/aromatic N) is 2. The van der Waals surface area contributed by atoms with Crippen LogP contribution in [0.25, 0.3) is 16.0 Å². The minimum atomic E-state index is -0.910. The minimum Gasteiger partial charge on any atom is -0.507 e. The Balaban J connectivity index is 1.76. The molecule has 1 aliphatic heterocycles. The lowest BCUT2D eigenvalue weighted by Crippen LogP contribution is -2.29. The molecule has 0 bridgehead atoms. The highest BCUT2D eigenvalue weighted by Crippen LogP contribution is 2.46. The average Bonchev–Trinajstić information content (AvgIpc) is 3.45. The lowest BCUT2D eigenvalue weighted by molar-refractivity contribution is -0.132. The van der Waals surface area contributed by atoms with Crippen LogP contribution >= 0.6 is 22.9 Å². The van der Waals surface area contributed by atoms with Crippen molar-refractivity contribution in [1.82, 2.24) is 4.98 Å². The Hall–Kier alpha value is -3.88. The van der Waals surface area contributed by atoms with Crippen molar-refractivity contribution in [2.75, 3.05) is 19.1 Å². The Morgan fingerprint density at radius 3 is 2.53 bits per heavy atom. The van der Waals surface area contributed by atoms with Gasteiger partial charge in [0.25, 0.3) is 5.78 Å². The SMILES string of the molecule is CCc1ccc2nc(N3C(=O)C(=O)/C(=C(/O)c4cc(OC)c(Cl)cc4OC)C3c3cccc(C)c3)sc2c1. The molecule has 4 aromatic rings. The topological polar surface area (TPSA) is 89.0 Å². The Labute approximate surface area is 228 Å². The maximum Gasteiger partial charge on any atom is 0.301 e. The third-order valence-corrected chi connectivity index (χ3v) is 7.90. The number of halogens is 1. The lowest BCUT2D eigenvalue weighted by Gasteiger charge is -2.23. The second kappa shape index (κ2) is 10.1. The number of benzene rings is 3. The van der Waals surface area contributed by atoms with E-state index in [1.807, 2.05) is 49.4 Å². The first-order valence-electron chi connectivity index (χ1n) is 12.0. The van der Waals surface area contributed by atoms with Gasteiger partial charge in [0.2, 0.25) is 0 Å². The third-order valence-electron chi connectivity index (χ3n) is 6.59.